The maximum atomic E-state index is 14.1. The number of fused-ring (bicyclic) bond motifs is 4. The third kappa shape index (κ3) is 16.8. The molecule has 28 heteroatoms. The fourth-order valence-electron chi connectivity index (χ4n) is 10.0. The van der Waals surface area contributed by atoms with Crippen molar-refractivity contribution in [3.63, 3.8) is 0 Å². The zero-order valence-electron chi connectivity index (χ0n) is 52.3. The monoisotopic (exact) mass is 1440 g/mol. The first-order valence-electron chi connectivity index (χ1n) is 29.3. The van der Waals surface area contributed by atoms with Gasteiger partial charge in [-0.3, -0.25) is 29.3 Å². The normalized spacial score (nSPS) is 10.9. The highest BCUT2D eigenvalue weighted by Crippen LogP contribution is 2.36. The molecule has 102 heavy (non-hydrogen) atoms. The summed E-state index contributed by atoms with van der Waals surface area (Å²) in [6.45, 7) is -1.14. The molecule has 0 radical (unpaired) electrons. The number of aryl methyl sites for hydroxylation is 2. The van der Waals surface area contributed by atoms with Gasteiger partial charge in [-0.05, 0) is 116 Å². The summed E-state index contributed by atoms with van der Waals surface area (Å²) in [5.41, 5.74) is -2.11. The van der Waals surface area contributed by atoms with E-state index in [9.17, 15) is 72.3 Å². The second kappa shape index (κ2) is 32.1. The lowest BCUT2D eigenvalue weighted by atomic mass is 10.1. The van der Waals surface area contributed by atoms with Crippen molar-refractivity contribution in [1.29, 1.82) is 10.5 Å². The van der Waals surface area contributed by atoms with Gasteiger partial charge in [0.05, 0.1) is 43.6 Å². The van der Waals surface area contributed by atoms with Gasteiger partial charge in [0.25, 0.3) is 16.7 Å². The van der Waals surface area contributed by atoms with Crippen LogP contribution >= 0.6 is 23.2 Å². The van der Waals surface area contributed by atoms with E-state index in [1.165, 1.54) is 85.8 Å². The van der Waals surface area contributed by atoms with E-state index in [2.05, 4.69) is 36.5 Å². The van der Waals surface area contributed by atoms with Crippen LogP contribution < -0.4 is 40.4 Å². The van der Waals surface area contributed by atoms with E-state index in [0.29, 0.717) is 54.5 Å². The van der Waals surface area contributed by atoms with Crippen molar-refractivity contribution in [3.05, 3.63) is 289 Å². The number of nitriles is 2. The Labute approximate surface area is 578 Å². The largest absolute Gasteiger partial charge is 0.474 e. The van der Waals surface area contributed by atoms with Crippen LogP contribution in [-0.4, -0.2) is 26.5 Å². The fourth-order valence-corrected chi connectivity index (χ4v) is 10.4. The van der Waals surface area contributed by atoms with Gasteiger partial charge in [0.2, 0.25) is 23.5 Å². The lowest BCUT2D eigenvalue weighted by Gasteiger charge is -2.14. The number of terminal acetylenes is 2. The maximum Gasteiger partial charge on any atom is 0.419 e. The summed E-state index contributed by atoms with van der Waals surface area (Å²) in [6, 6.07) is 34.9. The van der Waals surface area contributed by atoms with Crippen LogP contribution in [0.3, 0.4) is 0 Å². The zero-order valence-corrected chi connectivity index (χ0v) is 53.8. The molecule has 0 bridgehead atoms. The summed E-state index contributed by atoms with van der Waals surface area (Å²) >= 11 is 12.1. The Morgan fingerprint density at radius 1 is 0.500 bits per heavy atom. The average molecular weight is 1440 g/mol. The first kappa shape index (κ1) is 73.9. The number of nitrogens with zero attached hydrogens (tertiary/aromatic N) is 3. The van der Waals surface area contributed by atoms with Crippen LogP contribution in [0.5, 0.6) is 29.3 Å². The van der Waals surface area contributed by atoms with Crippen LogP contribution in [0.1, 0.15) is 61.3 Å². The number of nitrogens with one attached hydrogen (secondary N) is 3. The van der Waals surface area contributed by atoms with E-state index in [4.69, 9.17) is 60.3 Å². The zero-order chi connectivity index (χ0) is 73.9. The van der Waals surface area contributed by atoms with Gasteiger partial charge in [-0.25, -0.2) is 35.7 Å². The number of ether oxygens (including phenoxy) is 5. The van der Waals surface area contributed by atoms with E-state index < -0.39 is 89.0 Å². The third-order valence-electron chi connectivity index (χ3n) is 14.9. The number of hydrogen-bond donors (Lipinski definition) is 3. The summed E-state index contributed by atoms with van der Waals surface area (Å²) in [5.74, 6) is -0.866. The smallest absolute Gasteiger partial charge is 0.419 e. The number of benzene rings is 8. The Morgan fingerprint density at radius 2 is 0.941 bits per heavy atom. The molecule has 14 nitrogen and oxygen atoms in total. The molecule has 12 rings (SSSR count). The second-order valence-electron chi connectivity index (χ2n) is 21.4. The van der Waals surface area contributed by atoms with Crippen molar-refractivity contribution in [2.24, 2.45) is 0 Å². The molecule has 0 saturated carbocycles. The third-order valence-corrected chi connectivity index (χ3v) is 15.8. The Bertz CT molecular complexity index is 5630. The number of hydrogen-bond acceptors (Lipinski definition) is 11. The number of alkyl halides is 5. The molecule has 0 aliphatic heterocycles. The SMILES string of the molecule is C#Cc1c(=O)[nH]c(OCc2cccc(Cl)c2Cl)c2cc(F)ccc12.C#Cc1c(=O)[nH]c(OCc2ccccc2OC(F)F)c2cc(F)ccc12.Cc1ccc(F)c(COc2[nH]c(=O)c(C#N)c3ccc(F)cc23)c1F.Cc1nc(OCc2cccc(C(F)(F)F)c2F)c2cc(F)ccc2c1C#N. The number of rotatable bonds is 14. The number of para-hydroxylation sites is 1. The number of pyridine rings is 4. The summed E-state index contributed by atoms with van der Waals surface area (Å²) in [6.07, 6.45) is 5.88. The van der Waals surface area contributed by atoms with Crippen molar-refractivity contribution >= 4 is 66.3 Å². The summed E-state index contributed by atoms with van der Waals surface area (Å²) in [7, 11) is 0. The average Bonchev–Trinajstić information content (AvgIpc) is 0.797. The highest BCUT2D eigenvalue weighted by Gasteiger charge is 2.35. The van der Waals surface area contributed by atoms with Crippen LogP contribution in [0, 0.1) is 102 Å². The van der Waals surface area contributed by atoms with E-state index >= 15 is 0 Å². The van der Waals surface area contributed by atoms with Gasteiger partial charge in [0, 0.05) is 59.8 Å². The van der Waals surface area contributed by atoms with E-state index in [1.54, 1.807) is 37.3 Å². The summed E-state index contributed by atoms with van der Waals surface area (Å²) < 4.78 is 186. The quantitative estimate of drug-likeness (QED) is 0.0690. The minimum Gasteiger partial charge on any atom is -0.474 e. The Balaban J connectivity index is 0.000000158. The molecule has 4 aromatic heterocycles. The van der Waals surface area contributed by atoms with Crippen molar-refractivity contribution in [1.82, 2.24) is 19.9 Å². The molecule has 0 aliphatic carbocycles. The first-order valence-corrected chi connectivity index (χ1v) is 30.0. The molecule has 0 unspecified atom stereocenters. The second-order valence-corrected chi connectivity index (χ2v) is 22.2. The molecule has 8 aromatic carbocycles. The van der Waals surface area contributed by atoms with Crippen molar-refractivity contribution < 1.29 is 76.4 Å². The first-order chi connectivity index (χ1) is 48.6. The van der Waals surface area contributed by atoms with Gasteiger partial charge in [-0.15, -0.1) is 12.8 Å². The number of halogens is 14. The minimum atomic E-state index is -4.83. The van der Waals surface area contributed by atoms with Crippen LogP contribution in [0.4, 0.5) is 52.7 Å². The van der Waals surface area contributed by atoms with Crippen molar-refractivity contribution in [2.45, 2.75) is 53.1 Å². The lowest BCUT2D eigenvalue weighted by Crippen LogP contribution is -2.14. The minimum absolute atomic E-state index is 0.0182. The highest BCUT2D eigenvalue weighted by molar-refractivity contribution is 6.42. The molecule has 3 N–H and O–H groups in total. The molecule has 0 atom stereocenters. The van der Waals surface area contributed by atoms with Crippen molar-refractivity contribution in [2.75, 3.05) is 0 Å². The van der Waals surface area contributed by atoms with Gasteiger partial charge in [-0.2, -0.15) is 32.5 Å². The van der Waals surface area contributed by atoms with E-state index in [1.807, 2.05) is 6.07 Å². The molecule has 0 spiro atoms. The van der Waals surface area contributed by atoms with Gasteiger partial charge in [-0.1, -0.05) is 83.6 Å². The van der Waals surface area contributed by atoms with Gasteiger partial charge >= 0.3 is 12.8 Å². The molecule has 0 fully saturated rings. The van der Waals surface area contributed by atoms with E-state index in [0.717, 1.165) is 36.4 Å². The maximum absolute atomic E-state index is 14.1. The van der Waals surface area contributed by atoms with Gasteiger partial charge < -0.3 is 23.7 Å². The molecule has 0 aliphatic rings. The van der Waals surface area contributed by atoms with Gasteiger partial charge in [0.1, 0.15) is 90.6 Å². The van der Waals surface area contributed by atoms with Crippen LogP contribution in [0.25, 0.3) is 43.1 Å². The predicted octanol–water partition coefficient (Wildman–Crippen LogP) is 17.4. The van der Waals surface area contributed by atoms with Gasteiger partial charge in [0.15, 0.2) is 0 Å². The highest BCUT2D eigenvalue weighted by atomic mass is 35.5. The summed E-state index contributed by atoms with van der Waals surface area (Å²) in [5, 5.41) is 21.4. The van der Waals surface area contributed by atoms with Crippen LogP contribution in [0.2, 0.25) is 10.0 Å². The number of H-pyrrole nitrogens is 3. The lowest BCUT2D eigenvalue weighted by molar-refractivity contribution is -0.140. The molecule has 0 amide bonds. The van der Waals surface area contributed by atoms with Crippen molar-refractivity contribution in [3.8, 4) is 66.1 Å². The van der Waals surface area contributed by atoms with E-state index in [-0.39, 0.29) is 103 Å². The standard InChI is InChI=1S/C19H11F5N2O.C19H12F3NO3.C18H10Cl2FNO2.C18H11F3N2O2/c1-10-15(8-25)13-6-5-12(20)7-14(13)18(26-10)27-9-11-3-2-4-16(17(11)21)19(22,23)24;1-2-13-14-8-7-12(20)9-15(14)18(23-17(13)24)25-10-11-5-3-4-6-16(11)26-19(21)22;1-2-12-13-7-6-11(21)8-14(13)18(22-17(12)23)24-9-10-4-3-5-15(19)16(10)20;1-9-2-5-15(20)14(16(9)21)8-25-18-12-6-10(19)3-4-11(12)13(7-22)17(24)23-18/h2-7H,9H2,1H3;1,3-9,19H,10H2,(H,23,24);1,3-8H,9H2,(H,22,23);2-6H,8H2,1H3,(H,23,24). The Hall–Kier alpha value is -12.4. The topological polar surface area (TPSA) is 205 Å². The molecule has 4 heterocycles. The molecule has 12 aromatic rings. The number of aromatic amines is 3. The molecular formula is C74H44Cl2F12N6O8. The molecular weight excluding hydrogens is 1400 g/mol. The fraction of sp³-hybridized carbons (Fsp3) is 0.108. The summed E-state index contributed by atoms with van der Waals surface area (Å²) in [4.78, 5) is 47.5. The van der Waals surface area contributed by atoms with Crippen LogP contribution in [0.15, 0.2) is 160 Å². The number of aromatic nitrogens is 4. The molecule has 516 valence electrons. The predicted molar refractivity (Wildman–Crippen MR) is 355 cm³/mol. The molecule has 0 saturated heterocycles. The van der Waals surface area contributed by atoms with Crippen LogP contribution in [-0.2, 0) is 32.6 Å². The Kier molecular flexibility index (Phi) is 23.2. The Morgan fingerprint density at radius 3 is 1.45 bits per heavy atom.